The third-order valence-electron chi connectivity index (χ3n) is 2.78. The van der Waals surface area contributed by atoms with Gasteiger partial charge in [0.2, 0.25) is 5.91 Å². The first-order chi connectivity index (χ1) is 9.36. The maximum atomic E-state index is 12.1. The molecular weight excluding hydrogens is 278 g/mol. The van der Waals surface area contributed by atoms with E-state index in [2.05, 4.69) is 4.72 Å². The number of nitrogens with one attached hydrogen (secondary N) is 1. The average Bonchev–Trinajstić information content (AvgIpc) is 2.37. The van der Waals surface area contributed by atoms with Crippen molar-refractivity contribution in [3.05, 3.63) is 29.3 Å². The van der Waals surface area contributed by atoms with Crippen LogP contribution in [-0.2, 0) is 19.6 Å². The SMILES string of the molecule is CCOCCCC(=O)NS(=O)(=O)c1cc(C)ccc1C. The Hall–Kier alpha value is -1.40. The zero-order valence-corrected chi connectivity index (χ0v) is 12.9. The van der Waals surface area contributed by atoms with Gasteiger partial charge in [0.1, 0.15) is 0 Å². The normalized spacial score (nSPS) is 11.3. The lowest BCUT2D eigenvalue weighted by atomic mass is 10.2. The van der Waals surface area contributed by atoms with E-state index in [-0.39, 0.29) is 11.3 Å². The van der Waals surface area contributed by atoms with E-state index < -0.39 is 15.9 Å². The molecule has 1 amide bonds. The maximum absolute atomic E-state index is 12.1. The van der Waals surface area contributed by atoms with E-state index in [1.165, 1.54) is 0 Å². The lowest BCUT2D eigenvalue weighted by molar-refractivity contribution is -0.119. The number of sulfonamides is 1. The number of aryl methyl sites for hydroxylation is 2. The molecule has 1 N–H and O–H groups in total. The van der Waals surface area contributed by atoms with Crippen molar-refractivity contribution in [3.63, 3.8) is 0 Å². The number of carbonyl (C=O) groups excluding carboxylic acids is 1. The number of hydrogen-bond acceptors (Lipinski definition) is 4. The van der Waals surface area contributed by atoms with Crippen LogP contribution in [-0.4, -0.2) is 27.5 Å². The van der Waals surface area contributed by atoms with Crippen LogP contribution in [0.5, 0.6) is 0 Å². The van der Waals surface area contributed by atoms with Gasteiger partial charge in [-0.25, -0.2) is 13.1 Å². The molecule has 1 rings (SSSR count). The van der Waals surface area contributed by atoms with Gasteiger partial charge in [-0.3, -0.25) is 4.79 Å². The minimum atomic E-state index is -3.80. The van der Waals surface area contributed by atoms with Crippen LogP contribution in [0.1, 0.15) is 30.9 Å². The van der Waals surface area contributed by atoms with Crippen molar-refractivity contribution in [2.45, 2.75) is 38.5 Å². The third kappa shape index (κ3) is 4.94. The molecule has 0 aromatic heterocycles. The second-order valence-electron chi connectivity index (χ2n) is 4.60. The smallest absolute Gasteiger partial charge is 0.264 e. The molecule has 0 aliphatic carbocycles. The van der Waals surface area contributed by atoms with Gasteiger partial charge in [-0.2, -0.15) is 0 Å². The molecule has 0 unspecified atom stereocenters. The molecule has 0 saturated heterocycles. The molecule has 0 saturated carbocycles. The Morgan fingerprint density at radius 2 is 2.00 bits per heavy atom. The summed E-state index contributed by atoms with van der Waals surface area (Å²) in [4.78, 5) is 11.8. The van der Waals surface area contributed by atoms with E-state index in [1.807, 2.05) is 19.9 Å². The molecule has 0 bridgehead atoms. The number of amides is 1. The fourth-order valence-corrected chi connectivity index (χ4v) is 3.08. The summed E-state index contributed by atoms with van der Waals surface area (Å²) in [6.07, 6.45) is 0.631. The van der Waals surface area contributed by atoms with Gasteiger partial charge in [-0.05, 0) is 44.4 Å². The summed E-state index contributed by atoms with van der Waals surface area (Å²) in [6.45, 7) is 6.41. The van der Waals surface area contributed by atoms with Crippen LogP contribution in [0.4, 0.5) is 0 Å². The van der Waals surface area contributed by atoms with E-state index in [0.29, 0.717) is 25.2 Å². The summed E-state index contributed by atoms with van der Waals surface area (Å²) in [5, 5.41) is 0. The Kier molecular flexibility index (Phi) is 6.16. The lowest BCUT2D eigenvalue weighted by Crippen LogP contribution is -2.31. The summed E-state index contributed by atoms with van der Waals surface area (Å²) < 4.78 is 31.5. The topological polar surface area (TPSA) is 72.5 Å². The molecule has 1 aromatic carbocycles. The van der Waals surface area contributed by atoms with Crippen LogP contribution in [0.25, 0.3) is 0 Å². The zero-order valence-electron chi connectivity index (χ0n) is 12.1. The molecule has 0 spiro atoms. The first-order valence-electron chi connectivity index (χ1n) is 6.57. The highest BCUT2D eigenvalue weighted by Gasteiger charge is 2.19. The van der Waals surface area contributed by atoms with Gasteiger partial charge < -0.3 is 4.74 Å². The van der Waals surface area contributed by atoms with Gasteiger partial charge in [0.25, 0.3) is 10.0 Å². The fraction of sp³-hybridized carbons (Fsp3) is 0.500. The van der Waals surface area contributed by atoms with Gasteiger partial charge >= 0.3 is 0 Å². The van der Waals surface area contributed by atoms with Crippen LogP contribution in [0, 0.1) is 13.8 Å². The van der Waals surface area contributed by atoms with Gasteiger partial charge in [0.05, 0.1) is 4.90 Å². The van der Waals surface area contributed by atoms with Crippen LogP contribution in [0.2, 0.25) is 0 Å². The molecule has 0 atom stereocenters. The summed E-state index contributed by atoms with van der Waals surface area (Å²) >= 11 is 0. The van der Waals surface area contributed by atoms with Gasteiger partial charge in [0.15, 0.2) is 0 Å². The highest BCUT2D eigenvalue weighted by atomic mass is 32.2. The van der Waals surface area contributed by atoms with E-state index in [1.54, 1.807) is 19.1 Å². The number of rotatable bonds is 7. The van der Waals surface area contributed by atoms with Crippen LogP contribution < -0.4 is 4.72 Å². The van der Waals surface area contributed by atoms with E-state index in [4.69, 9.17) is 4.74 Å². The number of hydrogen-bond donors (Lipinski definition) is 1. The summed E-state index contributed by atoms with van der Waals surface area (Å²) in [5.74, 6) is -0.509. The predicted octanol–water partition coefficient (Wildman–Crippen LogP) is 1.93. The van der Waals surface area contributed by atoms with E-state index >= 15 is 0 Å². The van der Waals surface area contributed by atoms with Gasteiger partial charge in [-0.15, -0.1) is 0 Å². The molecule has 0 aliphatic rings. The number of ether oxygens (including phenoxy) is 1. The Bertz CT molecular complexity index is 567. The van der Waals surface area contributed by atoms with Gasteiger partial charge in [-0.1, -0.05) is 12.1 Å². The Labute approximate surface area is 120 Å². The van der Waals surface area contributed by atoms with Crippen molar-refractivity contribution in [1.82, 2.24) is 4.72 Å². The first kappa shape index (κ1) is 16.7. The second-order valence-corrected chi connectivity index (χ2v) is 6.25. The Morgan fingerprint density at radius 3 is 2.65 bits per heavy atom. The Balaban J connectivity index is 2.70. The summed E-state index contributed by atoms with van der Waals surface area (Å²) in [5.41, 5.74) is 1.45. The molecule has 5 nitrogen and oxygen atoms in total. The van der Waals surface area contributed by atoms with Crippen molar-refractivity contribution in [3.8, 4) is 0 Å². The highest BCUT2D eigenvalue weighted by Crippen LogP contribution is 2.16. The quantitative estimate of drug-likeness (QED) is 0.781. The van der Waals surface area contributed by atoms with E-state index in [9.17, 15) is 13.2 Å². The van der Waals surface area contributed by atoms with Crippen molar-refractivity contribution < 1.29 is 17.9 Å². The second kappa shape index (κ2) is 7.40. The van der Waals surface area contributed by atoms with Crippen LogP contribution in [0.15, 0.2) is 23.1 Å². The van der Waals surface area contributed by atoms with Crippen LogP contribution in [0.3, 0.4) is 0 Å². The lowest BCUT2D eigenvalue weighted by Gasteiger charge is -2.10. The molecule has 0 heterocycles. The monoisotopic (exact) mass is 299 g/mol. The maximum Gasteiger partial charge on any atom is 0.264 e. The highest BCUT2D eigenvalue weighted by molar-refractivity contribution is 7.90. The molecule has 20 heavy (non-hydrogen) atoms. The summed E-state index contributed by atoms with van der Waals surface area (Å²) in [6, 6.07) is 5.12. The third-order valence-corrected chi connectivity index (χ3v) is 4.29. The molecular formula is C14H21NO4S. The molecule has 1 aromatic rings. The Morgan fingerprint density at radius 1 is 1.30 bits per heavy atom. The van der Waals surface area contributed by atoms with Crippen molar-refractivity contribution >= 4 is 15.9 Å². The predicted molar refractivity (Wildman–Crippen MR) is 77.0 cm³/mol. The minimum absolute atomic E-state index is 0.129. The zero-order chi connectivity index (χ0) is 15.2. The van der Waals surface area contributed by atoms with Crippen molar-refractivity contribution in [1.29, 1.82) is 0 Å². The summed E-state index contributed by atoms with van der Waals surface area (Å²) in [7, 11) is -3.80. The molecule has 0 fully saturated rings. The van der Waals surface area contributed by atoms with Crippen molar-refractivity contribution in [2.24, 2.45) is 0 Å². The molecule has 0 radical (unpaired) electrons. The molecule has 6 heteroatoms. The first-order valence-corrected chi connectivity index (χ1v) is 8.05. The van der Waals surface area contributed by atoms with E-state index in [0.717, 1.165) is 5.56 Å². The van der Waals surface area contributed by atoms with Gasteiger partial charge in [0, 0.05) is 19.6 Å². The minimum Gasteiger partial charge on any atom is -0.382 e. The fourth-order valence-electron chi connectivity index (χ4n) is 1.73. The van der Waals surface area contributed by atoms with Crippen molar-refractivity contribution in [2.75, 3.05) is 13.2 Å². The number of carbonyl (C=O) groups is 1. The molecule has 112 valence electrons. The average molecular weight is 299 g/mol. The van der Waals surface area contributed by atoms with Crippen LogP contribution >= 0.6 is 0 Å². The largest absolute Gasteiger partial charge is 0.382 e. The standard InChI is InChI=1S/C14H21NO4S/c1-4-19-9-5-6-14(16)15-20(17,18)13-10-11(2)7-8-12(13)3/h7-8,10H,4-6,9H2,1-3H3,(H,15,16). The molecule has 0 aliphatic heterocycles. The number of benzene rings is 1.